The van der Waals surface area contributed by atoms with E-state index in [9.17, 15) is 4.79 Å². The zero-order valence-corrected chi connectivity index (χ0v) is 15.0. The van der Waals surface area contributed by atoms with Crippen LogP contribution in [-0.2, 0) is 4.79 Å². The molecule has 0 aliphatic rings. The van der Waals surface area contributed by atoms with Crippen molar-refractivity contribution in [3.8, 4) is 11.3 Å². The summed E-state index contributed by atoms with van der Waals surface area (Å²) in [4.78, 5) is 18.2. The highest BCUT2D eigenvalue weighted by Gasteiger charge is 2.06. The Bertz CT molecular complexity index is 1060. The van der Waals surface area contributed by atoms with E-state index in [-0.39, 0.29) is 5.91 Å². The number of carbonyl (C=O) groups is 1. The number of benzene rings is 2. The van der Waals surface area contributed by atoms with Gasteiger partial charge in [0.05, 0.1) is 5.69 Å². The first kappa shape index (κ1) is 16.4. The molecule has 5 heteroatoms. The van der Waals surface area contributed by atoms with Crippen molar-refractivity contribution >= 4 is 29.0 Å². The number of nitrogens with zero attached hydrogens (tertiary/aromatic N) is 2. The minimum atomic E-state index is -0.0751. The fraction of sp³-hybridized carbons (Fsp3) is 0.0476. The highest BCUT2D eigenvalue weighted by atomic mass is 32.2. The number of anilines is 1. The molecule has 0 saturated heterocycles. The summed E-state index contributed by atoms with van der Waals surface area (Å²) in [5.41, 5.74) is 3.61. The summed E-state index contributed by atoms with van der Waals surface area (Å²) in [5, 5.41) is 2.77. The van der Waals surface area contributed by atoms with Gasteiger partial charge in [0.15, 0.2) is 0 Å². The number of rotatable bonds is 4. The van der Waals surface area contributed by atoms with Gasteiger partial charge < -0.3 is 9.72 Å². The van der Waals surface area contributed by atoms with Gasteiger partial charge in [0.25, 0.3) is 0 Å². The van der Waals surface area contributed by atoms with Crippen LogP contribution in [0.25, 0.3) is 16.9 Å². The normalized spacial score (nSPS) is 10.8. The topological polar surface area (TPSA) is 46.4 Å². The fourth-order valence-electron chi connectivity index (χ4n) is 2.72. The van der Waals surface area contributed by atoms with Gasteiger partial charge in [-0.1, -0.05) is 42.1 Å². The van der Waals surface area contributed by atoms with Gasteiger partial charge in [-0.05, 0) is 36.4 Å². The van der Waals surface area contributed by atoms with E-state index in [4.69, 9.17) is 0 Å². The minimum Gasteiger partial charge on any atom is -0.326 e. The Morgan fingerprint density at radius 3 is 2.42 bits per heavy atom. The molecule has 0 fully saturated rings. The first-order chi connectivity index (χ1) is 12.7. The molecular weight excluding hydrogens is 342 g/mol. The molecule has 0 bridgehead atoms. The van der Waals surface area contributed by atoms with Crippen molar-refractivity contribution in [2.24, 2.45) is 0 Å². The van der Waals surface area contributed by atoms with E-state index in [1.807, 2.05) is 59.1 Å². The number of hydrogen-bond donors (Lipinski definition) is 1. The third-order valence-corrected chi connectivity index (χ3v) is 4.89. The summed E-state index contributed by atoms with van der Waals surface area (Å²) < 4.78 is 2.04. The average molecular weight is 359 g/mol. The van der Waals surface area contributed by atoms with Gasteiger partial charge in [-0.2, -0.15) is 0 Å². The van der Waals surface area contributed by atoms with Crippen LogP contribution in [0.15, 0.2) is 88.9 Å². The van der Waals surface area contributed by atoms with Crippen LogP contribution >= 0.6 is 11.8 Å². The van der Waals surface area contributed by atoms with E-state index in [2.05, 4.69) is 34.7 Å². The van der Waals surface area contributed by atoms with Gasteiger partial charge in [0.1, 0.15) is 5.65 Å². The molecule has 1 amide bonds. The summed E-state index contributed by atoms with van der Waals surface area (Å²) in [6, 6.07) is 22.1. The van der Waals surface area contributed by atoms with Gasteiger partial charge in [-0.3, -0.25) is 4.79 Å². The summed E-state index contributed by atoms with van der Waals surface area (Å²) in [6.07, 6.45) is 4.12. The number of nitrogens with one attached hydrogen (secondary N) is 1. The number of fused-ring (bicyclic) bond motifs is 1. The van der Waals surface area contributed by atoms with Crippen molar-refractivity contribution in [1.82, 2.24) is 9.38 Å². The van der Waals surface area contributed by atoms with E-state index >= 15 is 0 Å². The Balaban J connectivity index is 1.60. The molecule has 4 rings (SSSR count). The molecule has 0 radical (unpaired) electrons. The van der Waals surface area contributed by atoms with Gasteiger partial charge in [-0.25, -0.2) is 4.98 Å². The van der Waals surface area contributed by atoms with E-state index in [0.717, 1.165) is 27.5 Å². The maximum Gasteiger partial charge on any atom is 0.221 e. The predicted octanol–water partition coefficient (Wildman–Crippen LogP) is 5.11. The van der Waals surface area contributed by atoms with Crippen LogP contribution in [0.4, 0.5) is 5.69 Å². The molecule has 26 heavy (non-hydrogen) atoms. The lowest BCUT2D eigenvalue weighted by atomic mass is 10.1. The molecule has 128 valence electrons. The summed E-state index contributed by atoms with van der Waals surface area (Å²) in [7, 11) is 0. The van der Waals surface area contributed by atoms with Crippen LogP contribution in [-0.4, -0.2) is 15.3 Å². The maximum atomic E-state index is 11.1. The highest BCUT2D eigenvalue weighted by molar-refractivity contribution is 7.99. The van der Waals surface area contributed by atoms with Crippen LogP contribution < -0.4 is 5.32 Å². The molecule has 2 aromatic heterocycles. The molecular formula is C21H17N3OS. The molecule has 0 unspecified atom stereocenters. The number of pyridine rings is 1. The number of imidazole rings is 1. The second-order valence-electron chi connectivity index (χ2n) is 5.93. The third kappa shape index (κ3) is 3.63. The first-order valence-electron chi connectivity index (χ1n) is 8.27. The van der Waals surface area contributed by atoms with Crippen molar-refractivity contribution in [2.45, 2.75) is 16.7 Å². The van der Waals surface area contributed by atoms with E-state index < -0.39 is 0 Å². The van der Waals surface area contributed by atoms with Crippen molar-refractivity contribution in [1.29, 1.82) is 0 Å². The lowest BCUT2D eigenvalue weighted by Gasteiger charge is -2.02. The Morgan fingerprint density at radius 2 is 1.69 bits per heavy atom. The highest BCUT2D eigenvalue weighted by Crippen LogP contribution is 2.28. The largest absolute Gasteiger partial charge is 0.326 e. The maximum absolute atomic E-state index is 11.1. The fourth-order valence-corrected chi connectivity index (χ4v) is 3.59. The Labute approximate surface area is 155 Å². The minimum absolute atomic E-state index is 0.0751. The quantitative estimate of drug-likeness (QED) is 0.551. The molecule has 0 spiro atoms. The van der Waals surface area contributed by atoms with Crippen LogP contribution in [0.3, 0.4) is 0 Å². The first-order valence-corrected chi connectivity index (χ1v) is 9.09. The zero-order valence-electron chi connectivity index (χ0n) is 14.2. The summed E-state index contributed by atoms with van der Waals surface area (Å²) in [5.74, 6) is -0.0751. The van der Waals surface area contributed by atoms with Gasteiger partial charge in [-0.15, -0.1) is 0 Å². The SMILES string of the molecule is CC(=O)Nc1ccc(-c2cn3cc(Sc4ccccc4)ccc3n2)cc1. The molecule has 0 atom stereocenters. The second-order valence-corrected chi connectivity index (χ2v) is 7.08. The van der Waals surface area contributed by atoms with Crippen molar-refractivity contribution in [3.63, 3.8) is 0 Å². The van der Waals surface area contributed by atoms with E-state index in [1.165, 1.54) is 11.8 Å². The lowest BCUT2D eigenvalue weighted by molar-refractivity contribution is -0.114. The lowest BCUT2D eigenvalue weighted by Crippen LogP contribution is -2.05. The number of hydrogen-bond acceptors (Lipinski definition) is 3. The smallest absolute Gasteiger partial charge is 0.221 e. The molecule has 0 aliphatic carbocycles. The third-order valence-electron chi connectivity index (χ3n) is 3.90. The molecule has 1 N–H and O–H groups in total. The predicted molar refractivity (Wildman–Crippen MR) is 105 cm³/mol. The number of aromatic nitrogens is 2. The second kappa shape index (κ2) is 7.06. The monoisotopic (exact) mass is 359 g/mol. The van der Waals surface area contributed by atoms with Crippen LogP contribution in [0.1, 0.15) is 6.92 Å². The van der Waals surface area contributed by atoms with Crippen LogP contribution in [0.5, 0.6) is 0 Å². The van der Waals surface area contributed by atoms with Gasteiger partial charge in [0.2, 0.25) is 5.91 Å². The molecule has 0 aliphatic heterocycles. The van der Waals surface area contributed by atoms with Gasteiger partial charge in [0, 0.05) is 40.4 Å². The molecule has 0 saturated carbocycles. The standard InChI is InChI=1S/C21H17N3OS/c1-15(25)22-17-9-7-16(8-10-17)20-14-24-13-19(11-12-21(24)23-20)26-18-5-3-2-4-6-18/h2-14H,1H3,(H,22,25). The Kier molecular flexibility index (Phi) is 4.46. The van der Waals surface area contributed by atoms with Gasteiger partial charge >= 0.3 is 0 Å². The number of carbonyl (C=O) groups excluding carboxylic acids is 1. The Hall–Kier alpha value is -3.05. The van der Waals surface area contributed by atoms with Crippen molar-refractivity contribution in [2.75, 3.05) is 5.32 Å². The van der Waals surface area contributed by atoms with Crippen molar-refractivity contribution < 1.29 is 4.79 Å². The molecule has 4 aromatic rings. The van der Waals surface area contributed by atoms with E-state index in [1.54, 1.807) is 11.8 Å². The summed E-state index contributed by atoms with van der Waals surface area (Å²) >= 11 is 1.73. The zero-order chi connectivity index (χ0) is 17.9. The van der Waals surface area contributed by atoms with Crippen LogP contribution in [0, 0.1) is 0 Å². The van der Waals surface area contributed by atoms with E-state index in [0.29, 0.717) is 0 Å². The number of amides is 1. The average Bonchev–Trinajstić information content (AvgIpc) is 3.06. The van der Waals surface area contributed by atoms with Crippen LogP contribution in [0.2, 0.25) is 0 Å². The van der Waals surface area contributed by atoms with Crippen molar-refractivity contribution in [3.05, 3.63) is 79.1 Å². The summed E-state index contributed by atoms with van der Waals surface area (Å²) in [6.45, 7) is 1.50. The molecule has 4 nitrogen and oxygen atoms in total. The molecule has 2 aromatic carbocycles. The molecule has 2 heterocycles. The Morgan fingerprint density at radius 1 is 0.923 bits per heavy atom.